The van der Waals surface area contributed by atoms with Gasteiger partial charge in [0.2, 0.25) is 0 Å². The molecule has 1 rings (SSSR count). The molecule has 0 aliphatic carbocycles. The van der Waals surface area contributed by atoms with E-state index in [-0.39, 0.29) is 5.92 Å². The third-order valence-corrected chi connectivity index (χ3v) is 3.02. The monoisotopic (exact) mass is 261 g/mol. The molecule has 18 heavy (non-hydrogen) atoms. The molecular weight excluding hydrogens is 237 g/mol. The number of carbonyl (C=O) groups excluding carboxylic acids is 1. The highest BCUT2D eigenvalue weighted by Gasteiger charge is 2.33. The molecule has 1 aliphatic rings. The lowest BCUT2D eigenvalue weighted by Gasteiger charge is -2.35. The van der Waals surface area contributed by atoms with Crippen LogP contribution in [-0.2, 0) is 4.74 Å². The van der Waals surface area contributed by atoms with Crippen molar-refractivity contribution < 1.29 is 19.0 Å². The second-order valence-corrected chi connectivity index (χ2v) is 6.01. The molecule has 0 aromatic rings. The van der Waals surface area contributed by atoms with E-state index in [2.05, 4.69) is 0 Å². The molecule has 3 atom stereocenters. The van der Waals surface area contributed by atoms with Crippen LogP contribution in [0.25, 0.3) is 0 Å². The SMILES string of the molecule is CC(O)C(F)C1CCCN(C(=O)OC(C)(C)C)C1. The molecule has 106 valence electrons. The van der Waals surface area contributed by atoms with Crippen LogP contribution in [0.3, 0.4) is 0 Å². The number of amides is 1. The Kier molecular flexibility index (Phi) is 4.96. The zero-order valence-corrected chi connectivity index (χ0v) is 11.6. The van der Waals surface area contributed by atoms with Crippen molar-refractivity contribution in [2.24, 2.45) is 5.92 Å². The van der Waals surface area contributed by atoms with Gasteiger partial charge in [-0.05, 0) is 40.5 Å². The molecule has 4 nitrogen and oxygen atoms in total. The van der Waals surface area contributed by atoms with Gasteiger partial charge in [0.15, 0.2) is 0 Å². The van der Waals surface area contributed by atoms with Crippen molar-refractivity contribution in [3.63, 3.8) is 0 Å². The summed E-state index contributed by atoms with van der Waals surface area (Å²) in [5, 5.41) is 9.27. The Morgan fingerprint density at radius 1 is 1.50 bits per heavy atom. The van der Waals surface area contributed by atoms with E-state index < -0.39 is 24.0 Å². The minimum absolute atomic E-state index is 0.300. The first-order chi connectivity index (χ1) is 8.20. The molecule has 5 heteroatoms. The summed E-state index contributed by atoms with van der Waals surface area (Å²) in [6.07, 6.45) is -1.23. The minimum Gasteiger partial charge on any atom is -0.444 e. The number of nitrogens with zero attached hydrogens (tertiary/aromatic N) is 1. The molecule has 0 saturated carbocycles. The van der Waals surface area contributed by atoms with Crippen LogP contribution in [0.2, 0.25) is 0 Å². The molecule has 0 spiro atoms. The molecular formula is C13H24FNO3. The Bertz CT molecular complexity index is 288. The highest BCUT2D eigenvalue weighted by atomic mass is 19.1. The van der Waals surface area contributed by atoms with Crippen molar-refractivity contribution in [1.29, 1.82) is 0 Å². The summed E-state index contributed by atoms with van der Waals surface area (Å²) in [4.78, 5) is 13.4. The molecule has 3 unspecified atom stereocenters. The van der Waals surface area contributed by atoms with E-state index >= 15 is 0 Å². The minimum atomic E-state index is -1.28. The summed E-state index contributed by atoms with van der Waals surface area (Å²) in [6, 6.07) is 0. The van der Waals surface area contributed by atoms with Crippen LogP contribution in [0, 0.1) is 5.92 Å². The number of aliphatic hydroxyl groups excluding tert-OH is 1. The third-order valence-electron chi connectivity index (χ3n) is 3.02. The zero-order valence-electron chi connectivity index (χ0n) is 11.6. The van der Waals surface area contributed by atoms with Gasteiger partial charge in [0, 0.05) is 19.0 Å². The molecule has 0 radical (unpaired) electrons. The van der Waals surface area contributed by atoms with Crippen molar-refractivity contribution >= 4 is 6.09 Å². The van der Waals surface area contributed by atoms with Gasteiger partial charge in [0.1, 0.15) is 11.8 Å². The first-order valence-corrected chi connectivity index (χ1v) is 6.51. The van der Waals surface area contributed by atoms with E-state index in [0.717, 1.165) is 6.42 Å². The summed E-state index contributed by atoms with van der Waals surface area (Å²) in [6.45, 7) is 7.77. The first-order valence-electron chi connectivity index (χ1n) is 6.51. The van der Waals surface area contributed by atoms with Crippen molar-refractivity contribution in [2.75, 3.05) is 13.1 Å². The van der Waals surface area contributed by atoms with Crippen LogP contribution in [0.4, 0.5) is 9.18 Å². The number of hydrogen-bond acceptors (Lipinski definition) is 3. The van der Waals surface area contributed by atoms with Gasteiger partial charge in [0.25, 0.3) is 0 Å². The predicted octanol–water partition coefficient (Wildman–Crippen LogP) is 2.35. The number of rotatable bonds is 2. The summed E-state index contributed by atoms with van der Waals surface area (Å²) >= 11 is 0. The number of ether oxygens (including phenoxy) is 1. The first kappa shape index (κ1) is 15.2. The number of carbonyl (C=O) groups is 1. The van der Waals surface area contributed by atoms with Gasteiger partial charge in [-0.15, -0.1) is 0 Å². The Morgan fingerprint density at radius 3 is 2.61 bits per heavy atom. The van der Waals surface area contributed by atoms with E-state index in [0.29, 0.717) is 19.5 Å². The van der Waals surface area contributed by atoms with Crippen LogP contribution < -0.4 is 0 Å². The van der Waals surface area contributed by atoms with E-state index in [4.69, 9.17) is 4.74 Å². The van der Waals surface area contributed by atoms with Crippen molar-refractivity contribution in [2.45, 2.75) is 58.4 Å². The standard InChI is InChI=1S/C13H24FNO3/c1-9(16)11(14)10-6-5-7-15(8-10)12(17)18-13(2,3)4/h9-11,16H,5-8H2,1-4H3. The number of hydrogen-bond donors (Lipinski definition) is 1. The predicted molar refractivity (Wildman–Crippen MR) is 67.1 cm³/mol. The van der Waals surface area contributed by atoms with Gasteiger partial charge in [-0.2, -0.15) is 0 Å². The summed E-state index contributed by atoms with van der Waals surface area (Å²) in [7, 11) is 0. The Labute approximate surface area is 108 Å². The highest BCUT2D eigenvalue weighted by Crippen LogP contribution is 2.25. The van der Waals surface area contributed by atoms with Crippen LogP contribution in [0.15, 0.2) is 0 Å². The second-order valence-electron chi connectivity index (χ2n) is 6.01. The van der Waals surface area contributed by atoms with Gasteiger partial charge in [-0.1, -0.05) is 0 Å². The molecule has 1 saturated heterocycles. The Morgan fingerprint density at radius 2 is 2.11 bits per heavy atom. The van der Waals surface area contributed by atoms with Crippen LogP contribution in [0.5, 0.6) is 0 Å². The van der Waals surface area contributed by atoms with E-state index in [1.54, 1.807) is 20.8 Å². The van der Waals surface area contributed by atoms with Crippen LogP contribution in [-0.4, -0.2) is 47.1 Å². The molecule has 1 heterocycles. The zero-order chi connectivity index (χ0) is 13.9. The van der Waals surface area contributed by atoms with E-state index in [9.17, 15) is 14.3 Å². The van der Waals surface area contributed by atoms with Crippen molar-refractivity contribution in [3.8, 4) is 0 Å². The lowest BCUT2D eigenvalue weighted by molar-refractivity contribution is -0.00409. The largest absolute Gasteiger partial charge is 0.444 e. The normalized spacial score (nSPS) is 24.6. The number of likely N-dealkylation sites (tertiary alicyclic amines) is 1. The van der Waals surface area contributed by atoms with Gasteiger partial charge in [-0.25, -0.2) is 9.18 Å². The fourth-order valence-corrected chi connectivity index (χ4v) is 2.16. The Hall–Kier alpha value is -0.840. The highest BCUT2D eigenvalue weighted by molar-refractivity contribution is 5.68. The topological polar surface area (TPSA) is 49.8 Å². The van der Waals surface area contributed by atoms with Gasteiger partial charge in [0.05, 0.1) is 6.10 Å². The maximum Gasteiger partial charge on any atom is 0.410 e. The smallest absolute Gasteiger partial charge is 0.410 e. The van der Waals surface area contributed by atoms with Crippen LogP contribution in [0.1, 0.15) is 40.5 Å². The fraction of sp³-hybridized carbons (Fsp3) is 0.923. The van der Waals surface area contributed by atoms with Crippen molar-refractivity contribution in [3.05, 3.63) is 0 Å². The lowest BCUT2D eigenvalue weighted by Crippen LogP contribution is -2.46. The molecule has 1 fully saturated rings. The van der Waals surface area contributed by atoms with Crippen LogP contribution >= 0.6 is 0 Å². The molecule has 0 aromatic carbocycles. The number of piperidine rings is 1. The Balaban J connectivity index is 2.56. The number of halogens is 1. The maximum atomic E-state index is 13.8. The summed E-state index contributed by atoms with van der Waals surface area (Å²) in [5.41, 5.74) is -0.538. The van der Waals surface area contributed by atoms with E-state index in [1.807, 2.05) is 0 Å². The van der Waals surface area contributed by atoms with Gasteiger partial charge >= 0.3 is 6.09 Å². The number of alkyl halides is 1. The maximum absolute atomic E-state index is 13.8. The average Bonchev–Trinajstić information content (AvgIpc) is 2.25. The van der Waals surface area contributed by atoms with Gasteiger partial charge < -0.3 is 14.7 Å². The molecule has 1 N–H and O–H groups in total. The van der Waals surface area contributed by atoms with E-state index in [1.165, 1.54) is 11.8 Å². The molecule has 1 amide bonds. The summed E-state index contributed by atoms with van der Waals surface area (Å²) < 4.78 is 19.0. The fourth-order valence-electron chi connectivity index (χ4n) is 2.16. The molecule has 0 bridgehead atoms. The molecule has 1 aliphatic heterocycles. The van der Waals surface area contributed by atoms with Crippen molar-refractivity contribution in [1.82, 2.24) is 4.90 Å². The average molecular weight is 261 g/mol. The summed E-state index contributed by atoms with van der Waals surface area (Å²) in [5.74, 6) is -0.300. The number of aliphatic hydroxyl groups is 1. The third kappa shape index (κ3) is 4.44. The lowest BCUT2D eigenvalue weighted by atomic mass is 9.91. The second kappa shape index (κ2) is 5.87. The molecule has 0 aromatic heterocycles. The van der Waals surface area contributed by atoms with Gasteiger partial charge in [-0.3, -0.25) is 0 Å². The quantitative estimate of drug-likeness (QED) is 0.830.